The summed E-state index contributed by atoms with van der Waals surface area (Å²) in [6, 6.07) is 9.64. The van der Waals surface area contributed by atoms with Gasteiger partial charge in [0.2, 0.25) is 0 Å². The molecule has 0 saturated carbocycles. The van der Waals surface area contributed by atoms with Crippen molar-refractivity contribution in [1.29, 1.82) is 0 Å². The van der Waals surface area contributed by atoms with Crippen molar-refractivity contribution in [2.75, 3.05) is 6.61 Å². The minimum Gasteiger partial charge on any atom is -0.486 e. The van der Waals surface area contributed by atoms with E-state index in [0.717, 1.165) is 16.7 Å². The molecule has 2 aromatic rings. The van der Waals surface area contributed by atoms with E-state index in [1.807, 2.05) is 37.3 Å². The molecule has 0 amide bonds. The number of hydrogen-bond donors (Lipinski definition) is 1. The van der Waals surface area contributed by atoms with Crippen molar-refractivity contribution in [2.45, 2.75) is 13.0 Å². The molecule has 1 aromatic carbocycles. The summed E-state index contributed by atoms with van der Waals surface area (Å²) in [5, 5.41) is 9.96. The Morgan fingerprint density at radius 1 is 1.31 bits per heavy atom. The molecule has 16 heavy (non-hydrogen) atoms. The molecular formula is C12H14ClNO2. The zero-order valence-electron chi connectivity index (χ0n) is 8.96. The van der Waals surface area contributed by atoms with E-state index in [0.29, 0.717) is 0 Å². The standard InChI is InChI=1S/C12H13NO2.ClH/c1-9(8-14)15-11-6-2-4-10-5-3-7-13-12(10)11;/h2-7,9,14H,8H2,1H3;1H. The summed E-state index contributed by atoms with van der Waals surface area (Å²) in [6.07, 6.45) is 1.52. The third kappa shape index (κ3) is 2.62. The third-order valence-corrected chi connectivity index (χ3v) is 2.18. The number of nitrogens with zero attached hydrogens (tertiary/aromatic N) is 1. The van der Waals surface area contributed by atoms with Gasteiger partial charge in [-0.15, -0.1) is 12.4 Å². The largest absolute Gasteiger partial charge is 0.486 e. The Morgan fingerprint density at radius 3 is 2.81 bits per heavy atom. The van der Waals surface area contributed by atoms with Crippen LogP contribution < -0.4 is 4.74 Å². The van der Waals surface area contributed by atoms with Crippen LogP contribution in [-0.4, -0.2) is 22.8 Å². The lowest BCUT2D eigenvalue weighted by Gasteiger charge is -2.13. The van der Waals surface area contributed by atoms with Gasteiger partial charge in [0.15, 0.2) is 0 Å². The van der Waals surface area contributed by atoms with E-state index in [4.69, 9.17) is 9.84 Å². The van der Waals surface area contributed by atoms with Gasteiger partial charge in [-0.25, -0.2) is 0 Å². The fraction of sp³-hybridized carbons (Fsp3) is 0.250. The van der Waals surface area contributed by atoms with Gasteiger partial charge in [-0.1, -0.05) is 18.2 Å². The fourth-order valence-corrected chi connectivity index (χ4v) is 1.43. The summed E-state index contributed by atoms with van der Waals surface area (Å²) in [7, 11) is 0. The highest BCUT2D eigenvalue weighted by Gasteiger charge is 2.06. The number of ether oxygens (including phenoxy) is 1. The Hall–Kier alpha value is -1.32. The van der Waals surface area contributed by atoms with Gasteiger partial charge >= 0.3 is 0 Å². The second-order valence-electron chi connectivity index (χ2n) is 3.44. The Balaban J connectivity index is 0.00000128. The average molecular weight is 240 g/mol. The maximum absolute atomic E-state index is 8.92. The van der Waals surface area contributed by atoms with Crippen molar-refractivity contribution in [1.82, 2.24) is 4.98 Å². The van der Waals surface area contributed by atoms with Gasteiger partial charge in [0, 0.05) is 11.6 Å². The lowest BCUT2D eigenvalue weighted by atomic mass is 10.2. The fourth-order valence-electron chi connectivity index (χ4n) is 1.43. The highest BCUT2D eigenvalue weighted by Crippen LogP contribution is 2.23. The number of para-hydroxylation sites is 1. The van der Waals surface area contributed by atoms with Crippen LogP contribution in [0.25, 0.3) is 10.9 Å². The first-order valence-corrected chi connectivity index (χ1v) is 4.92. The van der Waals surface area contributed by atoms with E-state index in [-0.39, 0.29) is 25.1 Å². The molecule has 1 unspecified atom stereocenters. The van der Waals surface area contributed by atoms with Crippen LogP contribution in [0.1, 0.15) is 6.92 Å². The molecule has 1 atom stereocenters. The molecule has 0 aliphatic carbocycles. The molecule has 3 nitrogen and oxygen atoms in total. The predicted octanol–water partition coefficient (Wildman–Crippen LogP) is 2.42. The molecule has 86 valence electrons. The number of hydrogen-bond acceptors (Lipinski definition) is 3. The summed E-state index contributed by atoms with van der Waals surface area (Å²) in [6.45, 7) is 1.82. The Kier molecular flexibility index (Phi) is 4.52. The van der Waals surface area contributed by atoms with Gasteiger partial charge in [-0.2, -0.15) is 0 Å². The Morgan fingerprint density at radius 2 is 2.06 bits per heavy atom. The number of aromatic nitrogens is 1. The molecule has 0 bridgehead atoms. The number of benzene rings is 1. The highest BCUT2D eigenvalue weighted by atomic mass is 35.5. The van der Waals surface area contributed by atoms with E-state index in [1.54, 1.807) is 6.20 Å². The number of aliphatic hydroxyl groups excluding tert-OH is 1. The third-order valence-electron chi connectivity index (χ3n) is 2.18. The van der Waals surface area contributed by atoms with Crippen molar-refractivity contribution < 1.29 is 9.84 Å². The molecule has 1 N–H and O–H groups in total. The molecule has 0 fully saturated rings. The van der Waals surface area contributed by atoms with Gasteiger partial charge in [0.1, 0.15) is 17.4 Å². The second-order valence-corrected chi connectivity index (χ2v) is 3.44. The first kappa shape index (κ1) is 12.7. The molecular weight excluding hydrogens is 226 g/mol. The van der Waals surface area contributed by atoms with Crippen molar-refractivity contribution in [3.63, 3.8) is 0 Å². The normalized spacial score (nSPS) is 11.9. The number of halogens is 1. The number of fused-ring (bicyclic) bond motifs is 1. The average Bonchev–Trinajstić information content (AvgIpc) is 2.29. The first-order chi connectivity index (χ1) is 7.31. The van der Waals surface area contributed by atoms with E-state index in [9.17, 15) is 0 Å². The van der Waals surface area contributed by atoms with Crippen molar-refractivity contribution >= 4 is 23.3 Å². The van der Waals surface area contributed by atoms with Crippen LogP contribution >= 0.6 is 12.4 Å². The minimum absolute atomic E-state index is 0. The van der Waals surface area contributed by atoms with Crippen LogP contribution in [-0.2, 0) is 0 Å². The van der Waals surface area contributed by atoms with Crippen LogP contribution in [0.15, 0.2) is 36.5 Å². The highest BCUT2D eigenvalue weighted by molar-refractivity contribution is 5.85. The summed E-state index contributed by atoms with van der Waals surface area (Å²) in [5.74, 6) is 0.717. The molecule has 0 spiro atoms. The second kappa shape index (κ2) is 5.68. The van der Waals surface area contributed by atoms with Crippen molar-refractivity contribution in [3.8, 4) is 5.75 Å². The molecule has 4 heteroatoms. The van der Waals surface area contributed by atoms with Crippen LogP contribution in [0.4, 0.5) is 0 Å². The molecule has 0 saturated heterocycles. The van der Waals surface area contributed by atoms with E-state index >= 15 is 0 Å². The van der Waals surface area contributed by atoms with E-state index < -0.39 is 0 Å². The van der Waals surface area contributed by atoms with Crippen LogP contribution in [0, 0.1) is 0 Å². The lowest BCUT2D eigenvalue weighted by Crippen LogP contribution is -2.16. The van der Waals surface area contributed by atoms with Crippen LogP contribution in [0.2, 0.25) is 0 Å². The van der Waals surface area contributed by atoms with Gasteiger partial charge in [-0.05, 0) is 19.1 Å². The Bertz CT molecular complexity index is 456. The molecule has 0 radical (unpaired) electrons. The predicted molar refractivity (Wildman–Crippen MR) is 66.2 cm³/mol. The van der Waals surface area contributed by atoms with Crippen LogP contribution in [0.5, 0.6) is 5.75 Å². The van der Waals surface area contributed by atoms with Crippen molar-refractivity contribution in [2.24, 2.45) is 0 Å². The molecule has 1 heterocycles. The Labute approximate surface area is 100 Å². The minimum atomic E-state index is -0.211. The molecule has 2 rings (SSSR count). The number of pyridine rings is 1. The van der Waals surface area contributed by atoms with Gasteiger partial charge < -0.3 is 9.84 Å². The molecule has 0 aliphatic rings. The molecule has 1 aromatic heterocycles. The summed E-state index contributed by atoms with van der Waals surface area (Å²) >= 11 is 0. The maximum Gasteiger partial charge on any atom is 0.146 e. The number of aliphatic hydroxyl groups is 1. The lowest BCUT2D eigenvalue weighted by molar-refractivity contribution is 0.131. The van der Waals surface area contributed by atoms with Gasteiger partial charge in [-0.3, -0.25) is 4.98 Å². The van der Waals surface area contributed by atoms with E-state index in [2.05, 4.69) is 4.98 Å². The zero-order chi connectivity index (χ0) is 10.7. The monoisotopic (exact) mass is 239 g/mol. The summed E-state index contributed by atoms with van der Waals surface area (Å²) < 4.78 is 5.56. The van der Waals surface area contributed by atoms with Crippen LogP contribution in [0.3, 0.4) is 0 Å². The van der Waals surface area contributed by atoms with E-state index in [1.165, 1.54) is 0 Å². The maximum atomic E-state index is 8.92. The van der Waals surface area contributed by atoms with Gasteiger partial charge in [0.25, 0.3) is 0 Å². The number of rotatable bonds is 3. The van der Waals surface area contributed by atoms with Crippen molar-refractivity contribution in [3.05, 3.63) is 36.5 Å². The SMILES string of the molecule is CC(CO)Oc1cccc2cccnc12.Cl. The van der Waals surface area contributed by atoms with Gasteiger partial charge in [0.05, 0.1) is 6.61 Å². The first-order valence-electron chi connectivity index (χ1n) is 4.92. The zero-order valence-corrected chi connectivity index (χ0v) is 9.78. The molecule has 0 aliphatic heterocycles. The smallest absolute Gasteiger partial charge is 0.146 e. The topological polar surface area (TPSA) is 42.4 Å². The summed E-state index contributed by atoms with van der Waals surface area (Å²) in [5.41, 5.74) is 0.834. The summed E-state index contributed by atoms with van der Waals surface area (Å²) in [4.78, 5) is 4.26. The quantitative estimate of drug-likeness (QED) is 0.895.